The average Bonchev–Trinajstić information content (AvgIpc) is 1.61. The number of unbranched alkanes of at least 4 members (excludes halogenated alkanes) is 13. The maximum Gasteiger partial charge on any atom is 0.326 e. The van der Waals surface area contributed by atoms with Gasteiger partial charge in [-0.1, -0.05) is 120 Å². The number of aliphatic hydroxyl groups is 1. The summed E-state index contributed by atoms with van der Waals surface area (Å²) in [6, 6.07) is 6.80. The molecule has 3 aromatic heterocycles. The van der Waals surface area contributed by atoms with E-state index in [1.54, 1.807) is 0 Å². The molecule has 2 aliphatic heterocycles. The van der Waals surface area contributed by atoms with Gasteiger partial charge in [-0.05, 0) is 135 Å². The van der Waals surface area contributed by atoms with Crippen molar-refractivity contribution in [2.45, 2.75) is 272 Å². The summed E-state index contributed by atoms with van der Waals surface area (Å²) in [6.07, 6.45) is 17.1. The highest BCUT2D eigenvalue weighted by Gasteiger charge is 2.49. The number of phenolic OH excluding ortho intramolecular Hbond substituents is 1. The summed E-state index contributed by atoms with van der Waals surface area (Å²) in [6.45, 7) is 5.31. The molecule has 1 unspecified atom stereocenters. The summed E-state index contributed by atoms with van der Waals surface area (Å²) in [5.74, 6) is -13.3. The van der Waals surface area contributed by atoms with Gasteiger partial charge in [-0.2, -0.15) is 23.5 Å². The van der Waals surface area contributed by atoms with Crippen LogP contribution in [0.3, 0.4) is 0 Å². The molecule has 0 radical (unpaired) electrons. The van der Waals surface area contributed by atoms with Crippen molar-refractivity contribution in [1.82, 2.24) is 88.6 Å². The number of nitrogens with one attached hydrogen (secondary N) is 15. The second kappa shape index (κ2) is 63.9. The first kappa shape index (κ1) is 119. The van der Waals surface area contributed by atoms with Crippen LogP contribution >= 0.6 is 23.5 Å². The molecule has 45 heteroatoms. The number of nitrogens with zero attached hydrogens (tertiary/aromatic N) is 2. The number of halogens is 2. The van der Waals surface area contributed by atoms with Crippen LogP contribution < -0.4 is 69.5 Å². The molecule has 148 heavy (non-hydrogen) atoms. The lowest BCUT2D eigenvalue weighted by Crippen LogP contribution is -2.64. The highest BCUT2D eigenvalue weighted by molar-refractivity contribution is 7.98. The Bertz CT molecular complexity index is 5470. The van der Waals surface area contributed by atoms with Crippen molar-refractivity contribution >= 4 is 134 Å². The number of carbonyl (C=O) groups excluding carboxylic acids is 13. The number of aliphatic hydroxyl groups excluding tert-OH is 1. The number of hydrogen-bond acceptors (Lipinski definition) is 25. The SMILES string of the molecule is CCCCCCCCCCCCCCCC(=O)N[C@@H](CCC(=O)NCCOCCOCC(=O)NCCOCCOCC(=O)NCCCC[C@@H]1NC(=O)CCSCc2cccc(c2)CSC[C@@H](C(N)O)NC(=O)[C@]2(C)CCCN2C(=O)[C@H](Cc2ccc(O)cc2)NC(=O)[C@H](Cc2cnc[nH]2)NC(=O)[C@H](CC(=O)O)NC(=O)[C@H](Cc2c[nH]c3ccc(F)cc23)NC(=O)[C@H](Cc2c[nH]c3ccc(F)cc23)NC(=O)[C@@H](C)NC1=O)C(=O)O. The Morgan fingerprint density at radius 1 is 0.547 bits per heavy atom. The number of aromatic nitrogens is 4. The molecule has 5 heterocycles. The predicted octanol–water partition coefficient (Wildman–Crippen LogP) is 5.64. The molecule has 1 fully saturated rings. The number of ether oxygens (including phenoxy) is 4. The minimum absolute atomic E-state index is 0.00679. The van der Waals surface area contributed by atoms with Crippen LogP contribution in [0.1, 0.15) is 202 Å². The number of aromatic hydroxyl groups is 1. The standard InChI is InChI=1S/C103H144F2N18O23S2/c1-4-5-6-7-8-9-10-11-12-13-14-15-16-24-88(126)116-80(101(140)141)33-34-87(125)109-38-41-143-43-46-146-60-91(129)110-39-42-144-44-45-145-59-90(128)108-37-18-17-23-79-95(134)114-65(2)94(133)117-81(50-69-56-111-77-31-27-71(104)52-75(69)77)96(135)118-82(51-70-57-112-78-32-28-72(105)53-76(70)78)97(136)120-84(55-92(130)131)99(138)119-83(54-73-58-107-64-113-73)98(137)121-85(49-66-25-29-74(124)30-26-66)100(139)123-40-20-36-103(123,3)102(142)122-86(93(106)132)63-148-62-68-22-19-21-67(48-68)61-147-47-35-89(127)115-79/h19,21-22,25-32,48,52-53,56-58,64-65,79-86,93,111-112,124,132H,4-18,20,23-24,33-47,49-51,54-55,59-63,106H2,1-3H3,(H,107,113)(H,108,128)(H,109,125)(H,110,129)(H,114,134)(H,115,127)(H,116,126)(H,117,133)(H,118,135)(H,119,138)(H,120,136)(H,121,137)(H,122,142)(H,130,131)(H,140,141)/t65-,79+,80+,81+,82+,83+,84+,85+,86+,93?,103+/m1/s1. The molecule has 0 spiro atoms. The number of carbonyl (C=O) groups is 15. The van der Waals surface area contributed by atoms with E-state index in [1.165, 1.54) is 174 Å². The normalized spacial score (nSPS) is 20.0. The van der Waals surface area contributed by atoms with E-state index < -0.39 is 186 Å². The van der Waals surface area contributed by atoms with E-state index in [4.69, 9.17) is 24.7 Å². The number of H-pyrrole nitrogens is 3. The largest absolute Gasteiger partial charge is 0.508 e. The quantitative estimate of drug-likeness (QED) is 0.0162. The fourth-order valence-electron chi connectivity index (χ4n) is 17.1. The van der Waals surface area contributed by atoms with E-state index in [1.807, 2.05) is 24.3 Å². The fraction of sp³-hybridized carbons (Fsp3) is 0.553. The van der Waals surface area contributed by atoms with Gasteiger partial charge in [0.25, 0.3) is 0 Å². The lowest BCUT2D eigenvalue weighted by Gasteiger charge is -2.38. The van der Waals surface area contributed by atoms with Gasteiger partial charge in [-0.3, -0.25) is 67.1 Å². The van der Waals surface area contributed by atoms with Gasteiger partial charge in [0.2, 0.25) is 76.8 Å². The molecule has 0 saturated carbocycles. The number of nitrogens with two attached hydrogens (primary N) is 1. The molecule has 2 aliphatic rings. The summed E-state index contributed by atoms with van der Waals surface area (Å²) < 4.78 is 52.2. The Hall–Kier alpha value is -12.7. The topological polar surface area (TPSA) is 608 Å². The first-order valence-electron chi connectivity index (χ1n) is 50.7. The van der Waals surface area contributed by atoms with Gasteiger partial charge >= 0.3 is 11.9 Å². The summed E-state index contributed by atoms with van der Waals surface area (Å²) in [4.78, 5) is 224. The van der Waals surface area contributed by atoms with E-state index >= 15 is 32.8 Å². The summed E-state index contributed by atoms with van der Waals surface area (Å²) >= 11 is 2.77. The van der Waals surface area contributed by atoms with Crippen LogP contribution in [0.15, 0.2) is 110 Å². The number of benzene rings is 4. The van der Waals surface area contributed by atoms with E-state index in [0.717, 1.165) is 42.5 Å². The molecule has 1 saturated heterocycles. The van der Waals surface area contributed by atoms with Gasteiger partial charge in [0.1, 0.15) is 90.7 Å². The molecule has 9 rings (SSSR count). The Morgan fingerprint density at radius 2 is 1.07 bits per heavy atom. The van der Waals surface area contributed by atoms with Crippen LogP contribution in [0.4, 0.5) is 8.78 Å². The van der Waals surface area contributed by atoms with Crippen molar-refractivity contribution < 1.29 is 120 Å². The zero-order valence-corrected chi connectivity index (χ0v) is 85.8. The molecule has 4 aromatic carbocycles. The minimum atomic E-state index is -2.10. The first-order chi connectivity index (χ1) is 71.2. The highest BCUT2D eigenvalue weighted by Crippen LogP contribution is 2.33. The van der Waals surface area contributed by atoms with Gasteiger partial charge in [0, 0.05) is 140 Å². The zero-order valence-electron chi connectivity index (χ0n) is 84.2. The Balaban J connectivity index is 0.806. The molecule has 21 N–H and O–H groups in total. The van der Waals surface area contributed by atoms with Crippen LogP contribution in [-0.4, -0.2) is 291 Å². The number of rotatable bonds is 51. The summed E-state index contributed by atoms with van der Waals surface area (Å²) in [5, 5.41) is 73.9. The molecule has 13 amide bonds. The molecular weight excluding hydrogens is 1960 g/mol. The van der Waals surface area contributed by atoms with Crippen LogP contribution in [0, 0.1) is 11.6 Å². The monoisotopic (exact) mass is 2100 g/mol. The average molecular weight is 2100 g/mol. The third-order valence-electron chi connectivity index (χ3n) is 25.4. The molecule has 41 nitrogen and oxygen atoms in total. The molecule has 11 atom stereocenters. The molecule has 0 aliphatic carbocycles. The zero-order chi connectivity index (χ0) is 107. The second-order valence-corrected chi connectivity index (χ2v) is 39.4. The Kier molecular flexibility index (Phi) is 51.3. The van der Waals surface area contributed by atoms with Crippen LogP contribution in [0.25, 0.3) is 21.8 Å². The predicted molar refractivity (Wildman–Crippen MR) is 550 cm³/mol. The van der Waals surface area contributed by atoms with Gasteiger partial charge in [0.05, 0.1) is 58.4 Å². The lowest BCUT2D eigenvalue weighted by molar-refractivity contribution is -0.147. The highest BCUT2D eigenvalue weighted by atomic mass is 32.2. The third kappa shape index (κ3) is 41.8. The van der Waals surface area contributed by atoms with Crippen LogP contribution in [-0.2, 0) is 128 Å². The number of aromatic amines is 3. The Labute approximate surface area is 866 Å². The van der Waals surface area contributed by atoms with E-state index in [0.29, 0.717) is 40.9 Å². The lowest BCUT2D eigenvalue weighted by atomic mass is 9.95. The van der Waals surface area contributed by atoms with E-state index in [9.17, 15) is 68.4 Å². The first-order valence-corrected chi connectivity index (χ1v) is 53.1. The van der Waals surface area contributed by atoms with Gasteiger partial charge in [-0.25, -0.2) is 18.6 Å². The van der Waals surface area contributed by atoms with E-state index in [-0.39, 0.29) is 188 Å². The summed E-state index contributed by atoms with van der Waals surface area (Å²) in [5.41, 5.74) is 8.19. The summed E-state index contributed by atoms with van der Waals surface area (Å²) in [7, 11) is 0. The molecule has 810 valence electrons. The molecule has 2 bridgehead atoms. The Morgan fingerprint density at radius 3 is 1.64 bits per heavy atom. The van der Waals surface area contributed by atoms with Crippen LogP contribution in [0.2, 0.25) is 0 Å². The fourth-order valence-corrected chi connectivity index (χ4v) is 19.1. The van der Waals surface area contributed by atoms with Crippen molar-refractivity contribution in [1.29, 1.82) is 0 Å². The number of amides is 13. The maximum atomic E-state index is 15.4. The smallest absolute Gasteiger partial charge is 0.326 e. The number of fused-ring (bicyclic) bond motifs is 5. The third-order valence-corrected chi connectivity index (χ3v) is 27.6. The number of thioether (sulfide) groups is 2. The molecule has 7 aromatic rings. The van der Waals surface area contributed by atoms with Crippen LogP contribution in [0.5, 0.6) is 5.75 Å². The number of carboxylic acid groups (broad SMARTS) is 2. The van der Waals surface area contributed by atoms with Crippen molar-refractivity contribution in [3.63, 3.8) is 0 Å². The number of carboxylic acids is 2. The number of phenols is 1. The van der Waals surface area contributed by atoms with Crippen molar-refractivity contribution in [3.8, 4) is 5.75 Å². The molecular formula is C103H144F2N18O23S2. The number of aliphatic carboxylic acids is 2. The second-order valence-electron chi connectivity index (χ2n) is 37.3. The van der Waals surface area contributed by atoms with Gasteiger partial charge < -0.3 is 129 Å². The number of imidazole rings is 1. The minimum Gasteiger partial charge on any atom is -0.508 e. The number of hydrogen-bond donors (Lipinski definition) is 20. The maximum absolute atomic E-state index is 15.4. The van der Waals surface area contributed by atoms with Gasteiger partial charge in [0.15, 0.2) is 0 Å². The van der Waals surface area contributed by atoms with Crippen molar-refractivity contribution in [2.24, 2.45) is 5.73 Å². The van der Waals surface area contributed by atoms with Gasteiger partial charge in [-0.15, -0.1) is 0 Å². The van der Waals surface area contributed by atoms with Crippen molar-refractivity contribution in [3.05, 3.63) is 155 Å². The van der Waals surface area contributed by atoms with E-state index in [2.05, 4.69) is 90.7 Å². The van der Waals surface area contributed by atoms with Crippen molar-refractivity contribution in [2.75, 3.05) is 90.5 Å².